The fourth-order valence-electron chi connectivity index (χ4n) is 2.64. The summed E-state index contributed by atoms with van der Waals surface area (Å²) in [6.07, 6.45) is 0.933. The molecule has 3 unspecified atom stereocenters. The van der Waals surface area contributed by atoms with Gasteiger partial charge in [0.15, 0.2) is 0 Å². The Morgan fingerprint density at radius 3 is 2.30 bits per heavy atom. The van der Waals surface area contributed by atoms with Gasteiger partial charge in [-0.25, -0.2) is 0 Å². The molecule has 0 radical (unpaired) electrons. The van der Waals surface area contributed by atoms with Crippen LogP contribution in [0.2, 0.25) is 0 Å². The van der Waals surface area contributed by atoms with Crippen molar-refractivity contribution in [3.63, 3.8) is 0 Å². The summed E-state index contributed by atoms with van der Waals surface area (Å²) in [7, 11) is 0. The first kappa shape index (κ1) is 16.5. The Balaban J connectivity index is 2.75. The highest BCUT2D eigenvalue weighted by atomic mass is 16.4. The lowest BCUT2D eigenvalue weighted by Crippen LogP contribution is -2.55. The van der Waals surface area contributed by atoms with Gasteiger partial charge in [-0.2, -0.15) is 0 Å². The predicted molar refractivity (Wildman–Crippen MR) is 74.0 cm³/mol. The van der Waals surface area contributed by atoms with Crippen molar-refractivity contribution in [1.29, 1.82) is 0 Å². The number of likely N-dealkylation sites (tertiary alicyclic amines) is 1. The second-order valence-electron chi connectivity index (χ2n) is 5.86. The van der Waals surface area contributed by atoms with Gasteiger partial charge in [0.2, 0.25) is 11.8 Å². The number of carbonyl (C=O) groups excluding carboxylic acids is 2. The Kier molecular flexibility index (Phi) is 5.53. The molecule has 0 bridgehead atoms. The summed E-state index contributed by atoms with van der Waals surface area (Å²) in [5.41, 5.74) is 0. The SMILES string of the molecule is CC(=O)NC(C(=O)N1CCC(C(=O)O)CC1C)C(C)C. The van der Waals surface area contributed by atoms with E-state index >= 15 is 0 Å². The number of carboxylic acid groups (broad SMARTS) is 1. The van der Waals surface area contributed by atoms with Crippen molar-refractivity contribution in [2.45, 2.75) is 52.6 Å². The van der Waals surface area contributed by atoms with Gasteiger partial charge < -0.3 is 15.3 Å². The molecule has 1 fully saturated rings. The molecule has 1 aliphatic heterocycles. The highest BCUT2D eigenvalue weighted by molar-refractivity contribution is 5.87. The van der Waals surface area contributed by atoms with E-state index in [4.69, 9.17) is 5.11 Å². The standard InChI is InChI=1S/C14H24N2O4/c1-8(2)12(15-10(4)17)13(18)16-6-5-11(14(19)20)7-9(16)3/h8-9,11-12H,5-7H2,1-4H3,(H,15,17)(H,19,20). The fourth-order valence-corrected chi connectivity index (χ4v) is 2.64. The minimum absolute atomic E-state index is 0.00389. The number of hydrogen-bond donors (Lipinski definition) is 2. The van der Waals surface area contributed by atoms with Gasteiger partial charge in [-0.05, 0) is 25.7 Å². The van der Waals surface area contributed by atoms with Crippen molar-refractivity contribution in [2.24, 2.45) is 11.8 Å². The van der Waals surface area contributed by atoms with Crippen LogP contribution in [0.3, 0.4) is 0 Å². The van der Waals surface area contributed by atoms with Crippen molar-refractivity contribution in [3.8, 4) is 0 Å². The van der Waals surface area contributed by atoms with Crippen LogP contribution in [0.5, 0.6) is 0 Å². The van der Waals surface area contributed by atoms with Gasteiger partial charge in [-0.15, -0.1) is 0 Å². The predicted octanol–water partition coefficient (Wildman–Crippen LogP) is 0.859. The third-order valence-corrected chi connectivity index (χ3v) is 3.80. The molecule has 2 amide bonds. The molecule has 0 aromatic heterocycles. The van der Waals surface area contributed by atoms with Crippen LogP contribution in [0.25, 0.3) is 0 Å². The minimum Gasteiger partial charge on any atom is -0.481 e. The van der Waals surface area contributed by atoms with Crippen LogP contribution in [0.4, 0.5) is 0 Å². The molecule has 0 spiro atoms. The van der Waals surface area contributed by atoms with E-state index in [1.807, 2.05) is 20.8 Å². The van der Waals surface area contributed by atoms with E-state index in [0.717, 1.165) is 0 Å². The topological polar surface area (TPSA) is 86.7 Å². The Morgan fingerprint density at radius 1 is 1.30 bits per heavy atom. The molecule has 0 saturated carbocycles. The van der Waals surface area contributed by atoms with Gasteiger partial charge in [0.1, 0.15) is 6.04 Å². The summed E-state index contributed by atoms with van der Waals surface area (Å²) in [5, 5.41) is 11.7. The summed E-state index contributed by atoms with van der Waals surface area (Å²) in [5.74, 6) is -1.54. The Morgan fingerprint density at radius 2 is 1.90 bits per heavy atom. The molecule has 1 rings (SSSR count). The lowest BCUT2D eigenvalue weighted by atomic mass is 9.90. The summed E-state index contributed by atoms with van der Waals surface area (Å²) in [6.45, 7) is 7.45. The van der Waals surface area contributed by atoms with Crippen LogP contribution in [-0.4, -0.2) is 46.4 Å². The maximum Gasteiger partial charge on any atom is 0.306 e. The zero-order chi connectivity index (χ0) is 15.4. The van der Waals surface area contributed by atoms with Crippen molar-refractivity contribution >= 4 is 17.8 Å². The monoisotopic (exact) mass is 284 g/mol. The zero-order valence-electron chi connectivity index (χ0n) is 12.5. The highest BCUT2D eigenvalue weighted by Crippen LogP contribution is 2.24. The van der Waals surface area contributed by atoms with E-state index < -0.39 is 12.0 Å². The van der Waals surface area contributed by atoms with Crippen LogP contribution in [0.1, 0.15) is 40.5 Å². The van der Waals surface area contributed by atoms with Crippen LogP contribution in [-0.2, 0) is 14.4 Å². The lowest BCUT2D eigenvalue weighted by Gasteiger charge is -2.39. The first-order valence-corrected chi connectivity index (χ1v) is 7.04. The first-order chi connectivity index (χ1) is 9.23. The van der Waals surface area contributed by atoms with E-state index in [9.17, 15) is 14.4 Å². The van der Waals surface area contributed by atoms with Crippen molar-refractivity contribution in [2.75, 3.05) is 6.54 Å². The molecule has 114 valence electrons. The number of rotatable bonds is 4. The first-order valence-electron chi connectivity index (χ1n) is 7.04. The van der Waals surface area contributed by atoms with Gasteiger partial charge in [0, 0.05) is 19.5 Å². The number of aliphatic carboxylic acids is 1. The molecule has 1 saturated heterocycles. The Bertz CT molecular complexity index is 395. The molecular weight excluding hydrogens is 260 g/mol. The van der Waals surface area contributed by atoms with E-state index in [1.54, 1.807) is 4.90 Å². The molecule has 0 aliphatic carbocycles. The maximum absolute atomic E-state index is 12.5. The molecule has 0 aromatic rings. The zero-order valence-corrected chi connectivity index (χ0v) is 12.5. The van der Waals surface area contributed by atoms with Crippen molar-refractivity contribution in [3.05, 3.63) is 0 Å². The van der Waals surface area contributed by atoms with Crippen LogP contribution >= 0.6 is 0 Å². The van der Waals surface area contributed by atoms with Gasteiger partial charge in [0.05, 0.1) is 5.92 Å². The second-order valence-corrected chi connectivity index (χ2v) is 5.86. The molecule has 1 heterocycles. The molecule has 6 heteroatoms. The van der Waals surface area contributed by atoms with E-state index in [2.05, 4.69) is 5.32 Å². The quantitative estimate of drug-likeness (QED) is 0.801. The average Bonchev–Trinajstić information content (AvgIpc) is 2.34. The number of hydrogen-bond acceptors (Lipinski definition) is 3. The summed E-state index contributed by atoms with van der Waals surface area (Å²) < 4.78 is 0. The maximum atomic E-state index is 12.5. The molecule has 6 nitrogen and oxygen atoms in total. The summed E-state index contributed by atoms with van der Waals surface area (Å²) in [4.78, 5) is 36.4. The van der Waals surface area contributed by atoms with Crippen LogP contribution in [0, 0.1) is 11.8 Å². The van der Waals surface area contributed by atoms with E-state index in [0.29, 0.717) is 19.4 Å². The number of nitrogens with one attached hydrogen (secondary N) is 1. The number of amides is 2. The molecule has 1 aliphatic rings. The number of carbonyl (C=O) groups is 3. The molecule has 20 heavy (non-hydrogen) atoms. The largest absolute Gasteiger partial charge is 0.481 e. The third kappa shape index (κ3) is 3.95. The smallest absolute Gasteiger partial charge is 0.306 e. The minimum atomic E-state index is -0.800. The lowest BCUT2D eigenvalue weighted by molar-refractivity contribution is -0.148. The molecule has 2 N–H and O–H groups in total. The Hall–Kier alpha value is -1.59. The van der Waals surface area contributed by atoms with Crippen LogP contribution in [0.15, 0.2) is 0 Å². The van der Waals surface area contributed by atoms with Gasteiger partial charge in [0.25, 0.3) is 0 Å². The van der Waals surface area contributed by atoms with Gasteiger partial charge in [-0.3, -0.25) is 14.4 Å². The fraction of sp³-hybridized carbons (Fsp3) is 0.786. The summed E-state index contributed by atoms with van der Waals surface area (Å²) >= 11 is 0. The van der Waals surface area contributed by atoms with Gasteiger partial charge in [-0.1, -0.05) is 13.8 Å². The molecule has 0 aromatic carbocycles. The number of carboxylic acids is 1. The van der Waals surface area contributed by atoms with E-state index in [-0.39, 0.29) is 29.7 Å². The number of nitrogens with zero attached hydrogens (tertiary/aromatic N) is 1. The molecule has 3 atom stereocenters. The molecular formula is C14H24N2O4. The normalized spacial score (nSPS) is 24.4. The van der Waals surface area contributed by atoms with Gasteiger partial charge >= 0.3 is 5.97 Å². The third-order valence-electron chi connectivity index (χ3n) is 3.80. The summed E-state index contributed by atoms with van der Waals surface area (Å²) in [6, 6.07) is -0.663. The van der Waals surface area contributed by atoms with E-state index in [1.165, 1.54) is 6.92 Å². The highest BCUT2D eigenvalue weighted by Gasteiger charge is 2.36. The van der Waals surface area contributed by atoms with Crippen molar-refractivity contribution in [1.82, 2.24) is 10.2 Å². The second kappa shape index (κ2) is 6.72. The Labute approximate surface area is 119 Å². The number of piperidine rings is 1. The van der Waals surface area contributed by atoms with Crippen LogP contribution < -0.4 is 5.32 Å². The average molecular weight is 284 g/mol. The van der Waals surface area contributed by atoms with Crippen molar-refractivity contribution < 1.29 is 19.5 Å².